The van der Waals surface area contributed by atoms with Crippen molar-refractivity contribution in [2.45, 2.75) is 0 Å². The Morgan fingerprint density at radius 2 is 2.00 bits per heavy atom. The molecule has 0 amide bonds. The Kier molecular flexibility index (Phi) is 2.97. The lowest BCUT2D eigenvalue weighted by molar-refractivity contribution is 0.410. The smallest absolute Gasteiger partial charge is 0.151 e. The van der Waals surface area contributed by atoms with E-state index in [0.29, 0.717) is 4.60 Å². The van der Waals surface area contributed by atoms with E-state index in [1.54, 1.807) is 13.3 Å². The lowest BCUT2D eigenvalue weighted by Gasteiger charge is -2.04. The Balaban J connectivity index is 2.43. The van der Waals surface area contributed by atoms with Gasteiger partial charge < -0.3 is 4.74 Å². The lowest BCUT2D eigenvalue weighted by Crippen LogP contribution is -1.90. The number of pyridine rings is 2. The average Bonchev–Trinajstić information content (AvgIpc) is 2.30. The maximum atomic E-state index is 5.11. The average molecular weight is 265 g/mol. The van der Waals surface area contributed by atoms with Gasteiger partial charge in [-0.3, -0.25) is 4.98 Å². The Morgan fingerprint density at radius 1 is 1.13 bits per heavy atom. The molecule has 2 heterocycles. The Morgan fingerprint density at radius 3 is 2.60 bits per heavy atom. The van der Waals surface area contributed by atoms with Crippen LogP contribution >= 0.6 is 15.9 Å². The molecule has 0 N–H and O–H groups in total. The molecule has 0 unspecified atom stereocenters. The predicted molar refractivity (Wildman–Crippen MR) is 61.7 cm³/mol. The third kappa shape index (κ3) is 2.15. The molecule has 0 atom stereocenters. The summed E-state index contributed by atoms with van der Waals surface area (Å²) in [6.07, 6.45) is 1.75. The highest BCUT2D eigenvalue weighted by molar-refractivity contribution is 9.10. The summed E-state index contributed by atoms with van der Waals surface area (Å²) in [7, 11) is 1.61. The maximum absolute atomic E-state index is 5.11. The van der Waals surface area contributed by atoms with E-state index in [4.69, 9.17) is 4.74 Å². The summed E-state index contributed by atoms with van der Waals surface area (Å²) in [6, 6.07) is 9.47. The number of hydrogen-bond donors (Lipinski definition) is 0. The zero-order chi connectivity index (χ0) is 10.7. The van der Waals surface area contributed by atoms with Gasteiger partial charge in [0.1, 0.15) is 4.60 Å². The van der Waals surface area contributed by atoms with E-state index in [9.17, 15) is 0 Å². The molecule has 0 bridgehead atoms. The van der Waals surface area contributed by atoms with E-state index in [0.717, 1.165) is 17.1 Å². The normalized spacial score (nSPS) is 10.0. The molecule has 15 heavy (non-hydrogen) atoms. The second-order valence-corrected chi connectivity index (χ2v) is 3.66. The molecular formula is C11H9BrN2O. The molecule has 2 aromatic heterocycles. The van der Waals surface area contributed by atoms with Crippen LogP contribution in [0.2, 0.25) is 0 Å². The number of ether oxygens (including phenoxy) is 1. The highest BCUT2D eigenvalue weighted by atomic mass is 79.9. The summed E-state index contributed by atoms with van der Waals surface area (Å²) in [5.41, 5.74) is 1.67. The van der Waals surface area contributed by atoms with Gasteiger partial charge in [-0.25, -0.2) is 4.98 Å². The molecule has 0 fully saturated rings. The fourth-order valence-electron chi connectivity index (χ4n) is 1.23. The fraction of sp³-hybridized carbons (Fsp3) is 0.0909. The highest BCUT2D eigenvalue weighted by Crippen LogP contribution is 2.25. The van der Waals surface area contributed by atoms with Gasteiger partial charge in [0.15, 0.2) is 5.75 Å². The van der Waals surface area contributed by atoms with Gasteiger partial charge in [-0.2, -0.15) is 0 Å². The lowest BCUT2D eigenvalue weighted by atomic mass is 10.2. The van der Waals surface area contributed by atoms with E-state index in [1.165, 1.54) is 0 Å². The summed E-state index contributed by atoms with van der Waals surface area (Å²) in [5, 5.41) is 0. The van der Waals surface area contributed by atoms with Crippen molar-refractivity contribution in [3.63, 3.8) is 0 Å². The van der Waals surface area contributed by atoms with Crippen molar-refractivity contribution in [1.82, 2.24) is 9.97 Å². The van der Waals surface area contributed by atoms with Crippen molar-refractivity contribution in [3.8, 4) is 17.1 Å². The maximum Gasteiger partial charge on any atom is 0.151 e. The van der Waals surface area contributed by atoms with Crippen molar-refractivity contribution in [2.75, 3.05) is 7.11 Å². The quantitative estimate of drug-likeness (QED) is 0.783. The van der Waals surface area contributed by atoms with Crippen LogP contribution in [-0.4, -0.2) is 17.1 Å². The van der Waals surface area contributed by atoms with Crippen molar-refractivity contribution in [3.05, 3.63) is 41.1 Å². The molecule has 0 radical (unpaired) electrons. The van der Waals surface area contributed by atoms with Crippen LogP contribution in [-0.2, 0) is 0 Å². The van der Waals surface area contributed by atoms with Gasteiger partial charge in [-0.1, -0.05) is 6.07 Å². The van der Waals surface area contributed by atoms with Gasteiger partial charge >= 0.3 is 0 Å². The molecule has 0 saturated carbocycles. The minimum absolute atomic E-state index is 0.688. The van der Waals surface area contributed by atoms with E-state index in [2.05, 4.69) is 25.9 Å². The second-order valence-electron chi connectivity index (χ2n) is 2.90. The molecule has 2 rings (SSSR count). The van der Waals surface area contributed by atoms with Crippen LogP contribution in [0.15, 0.2) is 41.1 Å². The number of aromatic nitrogens is 2. The standard InChI is InChI=1S/C11H9BrN2O/c1-15-10-6-5-9(14-11(10)12)8-4-2-3-7-13-8/h2-7H,1H3. The minimum atomic E-state index is 0.688. The zero-order valence-corrected chi connectivity index (χ0v) is 9.73. The van der Waals surface area contributed by atoms with E-state index >= 15 is 0 Å². The van der Waals surface area contributed by atoms with Crippen molar-refractivity contribution in [1.29, 1.82) is 0 Å². The van der Waals surface area contributed by atoms with Crippen LogP contribution in [0.4, 0.5) is 0 Å². The molecular weight excluding hydrogens is 256 g/mol. The van der Waals surface area contributed by atoms with E-state index in [1.807, 2.05) is 30.3 Å². The number of rotatable bonds is 2. The van der Waals surface area contributed by atoms with Gasteiger partial charge in [-0.05, 0) is 40.2 Å². The summed E-state index contributed by atoms with van der Waals surface area (Å²) in [4.78, 5) is 8.56. The third-order valence-electron chi connectivity index (χ3n) is 1.96. The number of nitrogens with zero attached hydrogens (tertiary/aromatic N) is 2. The van der Waals surface area contributed by atoms with Gasteiger partial charge in [0.2, 0.25) is 0 Å². The van der Waals surface area contributed by atoms with Gasteiger partial charge in [0, 0.05) is 6.20 Å². The van der Waals surface area contributed by atoms with Crippen LogP contribution in [0.1, 0.15) is 0 Å². The van der Waals surface area contributed by atoms with Crippen LogP contribution in [0.25, 0.3) is 11.4 Å². The first kappa shape index (κ1) is 10.1. The zero-order valence-electron chi connectivity index (χ0n) is 8.14. The molecule has 4 heteroatoms. The third-order valence-corrected chi connectivity index (χ3v) is 2.53. The number of methoxy groups -OCH3 is 1. The first-order valence-electron chi connectivity index (χ1n) is 4.43. The molecule has 0 aromatic carbocycles. The summed E-state index contributed by atoms with van der Waals surface area (Å²) >= 11 is 3.34. The van der Waals surface area contributed by atoms with Crippen molar-refractivity contribution >= 4 is 15.9 Å². The number of hydrogen-bond acceptors (Lipinski definition) is 3. The highest BCUT2D eigenvalue weighted by Gasteiger charge is 2.05. The second kappa shape index (κ2) is 4.40. The van der Waals surface area contributed by atoms with Crippen molar-refractivity contribution in [2.24, 2.45) is 0 Å². The van der Waals surface area contributed by atoms with Gasteiger partial charge in [0.05, 0.1) is 18.5 Å². The Bertz CT molecular complexity index is 459. The minimum Gasteiger partial charge on any atom is -0.494 e. The Labute approximate surface area is 96.3 Å². The molecule has 0 aliphatic heterocycles. The summed E-state index contributed by atoms with van der Waals surface area (Å²) in [6.45, 7) is 0. The van der Waals surface area contributed by atoms with Crippen LogP contribution in [0.5, 0.6) is 5.75 Å². The summed E-state index contributed by atoms with van der Waals surface area (Å²) < 4.78 is 5.79. The summed E-state index contributed by atoms with van der Waals surface area (Å²) in [5.74, 6) is 0.717. The molecule has 0 spiro atoms. The molecule has 0 aliphatic rings. The van der Waals surface area contributed by atoms with Crippen LogP contribution in [0, 0.1) is 0 Å². The SMILES string of the molecule is COc1ccc(-c2ccccn2)nc1Br. The van der Waals surface area contributed by atoms with E-state index in [-0.39, 0.29) is 0 Å². The monoisotopic (exact) mass is 264 g/mol. The van der Waals surface area contributed by atoms with Crippen molar-refractivity contribution < 1.29 is 4.74 Å². The van der Waals surface area contributed by atoms with E-state index < -0.39 is 0 Å². The number of halogens is 1. The van der Waals surface area contributed by atoms with Gasteiger partial charge in [0.25, 0.3) is 0 Å². The molecule has 2 aromatic rings. The fourth-order valence-corrected chi connectivity index (χ4v) is 1.72. The first-order valence-corrected chi connectivity index (χ1v) is 5.22. The molecule has 3 nitrogen and oxygen atoms in total. The van der Waals surface area contributed by atoms with Crippen LogP contribution in [0.3, 0.4) is 0 Å². The first-order chi connectivity index (χ1) is 7.31. The predicted octanol–water partition coefficient (Wildman–Crippen LogP) is 2.91. The largest absolute Gasteiger partial charge is 0.494 e. The van der Waals surface area contributed by atoms with Gasteiger partial charge in [-0.15, -0.1) is 0 Å². The molecule has 0 saturated heterocycles. The molecule has 76 valence electrons. The molecule has 0 aliphatic carbocycles. The topological polar surface area (TPSA) is 35.0 Å². The van der Waals surface area contributed by atoms with Crippen LogP contribution < -0.4 is 4.74 Å². The Hall–Kier alpha value is -1.42.